The number of nitrogens with zero attached hydrogens (tertiary/aromatic N) is 1. The predicted molar refractivity (Wildman–Crippen MR) is 96.4 cm³/mol. The number of hydrogen-bond donors (Lipinski definition) is 1. The maximum atomic E-state index is 5.68. The Morgan fingerprint density at radius 3 is 2.05 bits per heavy atom. The van der Waals surface area contributed by atoms with E-state index in [0.29, 0.717) is 10.9 Å². The van der Waals surface area contributed by atoms with E-state index >= 15 is 0 Å². The van der Waals surface area contributed by atoms with Crippen molar-refractivity contribution in [2.45, 2.75) is 58.5 Å². The van der Waals surface area contributed by atoms with E-state index in [2.05, 4.69) is 76.6 Å². The molecule has 20 heavy (non-hydrogen) atoms. The van der Waals surface area contributed by atoms with Crippen molar-refractivity contribution in [3.63, 3.8) is 0 Å². The molecule has 0 aliphatic heterocycles. The van der Waals surface area contributed by atoms with Gasteiger partial charge in [0, 0.05) is 12.8 Å². The molecular formula is C15H32N2OSi2. The Morgan fingerprint density at radius 1 is 1.15 bits per heavy atom. The second-order valence-electron chi connectivity index (χ2n) is 7.75. The lowest BCUT2D eigenvalue weighted by Crippen LogP contribution is -2.52. The van der Waals surface area contributed by atoms with E-state index in [1.807, 2.05) is 0 Å². The fraction of sp³-hybridized carbons (Fsp3) is 0.667. The van der Waals surface area contributed by atoms with Crippen LogP contribution in [0.5, 0.6) is 0 Å². The molecule has 116 valence electrons. The van der Waals surface area contributed by atoms with Crippen molar-refractivity contribution in [1.82, 2.24) is 4.98 Å². The number of nitrogens with one attached hydrogen (secondary N) is 1. The predicted octanol–water partition coefficient (Wildman–Crippen LogP) is 4.53. The molecule has 0 fully saturated rings. The molecule has 0 aromatic rings. The van der Waals surface area contributed by atoms with E-state index < -0.39 is 16.6 Å². The zero-order valence-corrected chi connectivity index (χ0v) is 16.6. The van der Waals surface area contributed by atoms with Crippen LogP contribution in [0.4, 0.5) is 0 Å². The molecule has 0 unspecified atom stereocenters. The Balaban J connectivity index is 4.36. The Morgan fingerprint density at radius 2 is 1.65 bits per heavy atom. The number of aliphatic imine (C=N–C) groups is 1. The second-order valence-corrected chi connectivity index (χ2v) is 17.3. The molecule has 0 saturated heterocycles. The summed E-state index contributed by atoms with van der Waals surface area (Å²) < 4.78 is 5.68. The highest BCUT2D eigenvalue weighted by Crippen LogP contribution is 2.33. The van der Waals surface area contributed by atoms with Gasteiger partial charge in [-0.2, -0.15) is 0 Å². The van der Waals surface area contributed by atoms with Gasteiger partial charge in [0.25, 0.3) is 0 Å². The van der Waals surface area contributed by atoms with Gasteiger partial charge in [0.05, 0.1) is 0 Å². The zero-order chi connectivity index (χ0) is 16.2. The molecule has 0 aliphatic carbocycles. The van der Waals surface area contributed by atoms with Crippen molar-refractivity contribution in [3.05, 3.63) is 24.6 Å². The highest BCUT2D eigenvalue weighted by atomic mass is 28.4. The maximum absolute atomic E-state index is 5.68. The lowest BCUT2D eigenvalue weighted by molar-refractivity contribution is 0.421. The molecule has 0 saturated carbocycles. The first-order chi connectivity index (χ1) is 8.74. The first-order valence-corrected chi connectivity index (χ1v) is 13.5. The third-order valence-electron chi connectivity index (χ3n) is 3.45. The van der Waals surface area contributed by atoms with Crippen molar-refractivity contribution in [2.75, 3.05) is 6.54 Å². The molecule has 5 heteroatoms. The van der Waals surface area contributed by atoms with Gasteiger partial charge < -0.3 is 9.41 Å². The van der Waals surface area contributed by atoms with Crippen LogP contribution in [0.25, 0.3) is 0 Å². The van der Waals surface area contributed by atoms with Crippen LogP contribution < -0.4 is 4.98 Å². The van der Waals surface area contributed by atoms with Crippen LogP contribution in [-0.2, 0) is 4.43 Å². The quantitative estimate of drug-likeness (QED) is 0.425. The molecule has 0 amide bonds. The van der Waals surface area contributed by atoms with Crippen LogP contribution >= 0.6 is 0 Å². The molecular weight excluding hydrogens is 280 g/mol. The Labute approximate surface area is 127 Å². The van der Waals surface area contributed by atoms with Gasteiger partial charge in [0.15, 0.2) is 5.88 Å². The average Bonchev–Trinajstić information content (AvgIpc) is 2.19. The van der Waals surface area contributed by atoms with Gasteiger partial charge in [-0.3, -0.25) is 0 Å². The molecule has 0 rings (SSSR count). The van der Waals surface area contributed by atoms with Gasteiger partial charge in [-0.05, 0) is 36.8 Å². The lowest BCUT2D eigenvalue weighted by Gasteiger charge is -2.37. The minimum absolute atomic E-state index is 0.314. The number of hydrogen-bond acceptors (Lipinski definition) is 3. The summed E-state index contributed by atoms with van der Waals surface area (Å²) in [4.78, 5) is 7.90. The van der Waals surface area contributed by atoms with Crippen LogP contribution in [0.15, 0.2) is 29.6 Å². The van der Waals surface area contributed by atoms with E-state index in [4.69, 9.17) is 4.43 Å². The summed E-state index contributed by atoms with van der Waals surface area (Å²) >= 11 is 0. The van der Waals surface area contributed by atoms with Gasteiger partial charge in [-0.25, -0.2) is 4.99 Å². The Hall–Kier alpha value is -0.656. The van der Waals surface area contributed by atoms with Crippen molar-refractivity contribution in [3.8, 4) is 0 Å². The topological polar surface area (TPSA) is 33.6 Å². The SMILES string of the molecule is C=C(/C=N/C(=C)O[Si](C)(C)C)CN[Si](C)(C)C(C)(C)C. The second kappa shape index (κ2) is 6.87. The number of rotatable bonds is 7. The van der Waals surface area contributed by atoms with E-state index in [-0.39, 0.29) is 0 Å². The van der Waals surface area contributed by atoms with Crippen molar-refractivity contribution in [2.24, 2.45) is 4.99 Å². The summed E-state index contributed by atoms with van der Waals surface area (Å²) in [6, 6.07) is 0. The Bertz CT molecular complexity index is 388. The van der Waals surface area contributed by atoms with E-state index in [1.165, 1.54) is 0 Å². The van der Waals surface area contributed by atoms with Gasteiger partial charge in [0.2, 0.25) is 8.32 Å². The Kier molecular flexibility index (Phi) is 6.64. The monoisotopic (exact) mass is 312 g/mol. The summed E-state index contributed by atoms with van der Waals surface area (Å²) in [5.74, 6) is 0.484. The largest absolute Gasteiger partial charge is 0.532 e. The van der Waals surface area contributed by atoms with Crippen LogP contribution in [0, 0.1) is 0 Å². The molecule has 3 nitrogen and oxygen atoms in total. The summed E-state index contributed by atoms with van der Waals surface area (Å²) in [6.45, 7) is 26.5. The van der Waals surface area contributed by atoms with E-state index in [0.717, 1.165) is 12.1 Å². The van der Waals surface area contributed by atoms with Gasteiger partial charge >= 0.3 is 0 Å². The lowest BCUT2D eigenvalue weighted by atomic mass is 10.2. The smallest absolute Gasteiger partial charge is 0.244 e. The standard InChI is InChI=1S/C15H32N2OSi2/c1-13(11-16-14(2)18-19(6,7)8)12-17-20(9,10)15(3,4)5/h11,17H,1-2,12H2,3-10H3/b16-11+. The van der Waals surface area contributed by atoms with E-state index in [9.17, 15) is 0 Å². The fourth-order valence-electron chi connectivity index (χ4n) is 1.19. The molecule has 0 aromatic carbocycles. The summed E-state index contributed by atoms with van der Waals surface area (Å²) in [7, 11) is -3.10. The molecule has 0 radical (unpaired) electrons. The first kappa shape index (κ1) is 19.3. The van der Waals surface area contributed by atoms with Gasteiger partial charge in [-0.15, -0.1) is 0 Å². The first-order valence-electron chi connectivity index (χ1n) is 7.09. The van der Waals surface area contributed by atoms with Crippen LogP contribution in [0.2, 0.25) is 37.8 Å². The van der Waals surface area contributed by atoms with Gasteiger partial charge in [-0.1, -0.05) is 40.4 Å². The molecule has 0 heterocycles. The normalized spacial score (nSPS) is 13.6. The fourth-order valence-corrected chi connectivity index (χ4v) is 3.15. The van der Waals surface area contributed by atoms with Crippen molar-refractivity contribution < 1.29 is 4.43 Å². The van der Waals surface area contributed by atoms with E-state index in [1.54, 1.807) is 6.21 Å². The van der Waals surface area contributed by atoms with Crippen LogP contribution in [0.1, 0.15) is 20.8 Å². The third-order valence-corrected chi connectivity index (χ3v) is 9.11. The minimum Gasteiger partial charge on any atom is -0.532 e. The summed E-state index contributed by atoms with van der Waals surface area (Å²) in [6.07, 6.45) is 1.75. The van der Waals surface area contributed by atoms with Gasteiger partial charge in [0.1, 0.15) is 8.24 Å². The summed E-state index contributed by atoms with van der Waals surface area (Å²) in [5.41, 5.74) is 0.954. The molecule has 0 spiro atoms. The van der Waals surface area contributed by atoms with Crippen LogP contribution in [-0.4, -0.2) is 29.3 Å². The molecule has 0 atom stereocenters. The summed E-state index contributed by atoms with van der Waals surface area (Å²) in [5, 5.41) is 0.314. The average molecular weight is 313 g/mol. The highest BCUT2D eigenvalue weighted by Gasteiger charge is 2.34. The zero-order valence-electron chi connectivity index (χ0n) is 14.6. The molecule has 0 bridgehead atoms. The molecule has 0 aromatic heterocycles. The van der Waals surface area contributed by atoms with Crippen molar-refractivity contribution in [1.29, 1.82) is 0 Å². The molecule has 0 aliphatic rings. The maximum Gasteiger partial charge on any atom is 0.244 e. The molecule has 1 N–H and O–H groups in total. The highest BCUT2D eigenvalue weighted by molar-refractivity contribution is 6.77. The van der Waals surface area contributed by atoms with Crippen molar-refractivity contribution >= 4 is 22.8 Å². The minimum atomic E-state index is -1.62. The van der Waals surface area contributed by atoms with Crippen LogP contribution in [0.3, 0.4) is 0 Å². The third kappa shape index (κ3) is 7.82.